The topological polar surface area (TPSA) is 46.9 Å². The molecule has 0 aliphatic heterocycles. The summed E-state index contributed by atoms with van der Waals surface area (Å²) in [4.78, 5) is 10.6. The third kappa shape index (κ3) is 3.22. The summed E-state index contributed by atoms with van der Waals surface area (Å²) in [6, 6.07) is 8.04. The van der Waals surface area contributed by atoms with Crippen molar-refractivity contribution in [3.63, 3.8) is 0 Å². The molecule has 0 saturated heterocycles. The van der Waals surface area contributed by atoms with Crippen LogP contribution in [0, 0.1) is 0 Å². The Balaban J connectivity index is 2.33. The van der Waals surface area contributed by atoms with Gasteiger partial charge in [0.2, 0.25) is 6.41 Å². The summed E-state index contributed by atoms with van der Waals surface area (Å²) in [6.45, 7) is 2.16. The summed E-state index contributed by atoms with van der Waals surface area (Å²) < 4.78 is 1.79. The predicted octanol–water partition coefficient (Wildman–Crippen LogP) is 3.00. The van der Waals surface area contributed by atoms with E-state index in [0.717, 1.165) is 48.2 Å². The fourth-order valence-corrected chi connectivity index (χ4v) is 2.10. The van der Waals surface area contributed by atoms with Crippen LogP contribution in [0.5, 0.6) is 0 Å². The van der Waals surface area contributed by atoms with Crippen molar-refractivity contribution in [2.24, 2.45) is 7.05 Å². The predicted molar refractivity (Wildman–Crippen MR) is 76.9 cm³/mol. The molecule has 0 bridgehead atoms. The van der Waals surface area contributed by atoms with Gasteiger partial charge in [-0.1, -0.05) is 19.4 Å². The number of amides is 1. The molecule has 1 N–H and O–H groups in total. The number of aryl methyl sites for hydroxylation is 2. The molecular weight excluding hydrogens is 238 g/mol. The van der Waals surface area contributed by atoms with Crippen LogP contribution in [0.25, 0.3) is 11.3 Å². The Morgan fingerprint density at radius 2 is 2.21 bits per heavy atom. The average molecular weight is 257 g/mol. The first-order chi connectivity index (χ1) is 9.24. The van der Waals surface area contributed by atoms with Crippen molar-refractivity contribution in [2.45, 2.75) is 26.2 Å². The van der Waals surface area contributed by atoms with Crippen molar-refractivity contribution < 1.29 is 4.79 Å². The maximum atomic E-state index is 10.6. The van der Waals surface area contributed by atoms with Gasteiger partial charge in [0.25, 0.3) is 0 Å². The maximum absolute atomic E-state index is 10.6. The standard InChI is InChI=1S/C15H19N3O/c1-3-4-5-12-10-13(6-7-14(12)16-11-19)15-8-9-18(2)17-15/h6-11H,3-5H2,1-2H3,(H,16,19). The summed E-state index contributed by atoms with van der Waals surface area (Å²) in [5, 5.41) is 7.17. The van der Waals surface area contributed by atoms with Crippen LogP contribution in [-0.2, 0) is 18.3 Å². The van der Waals surface area contributed by atoms with Crippen molar-refractivity contribution in [1.82, 2.24) is 9.78 Å². The molecule has 0 radical (unpaired) electrons. The van der Waals surface area contributed by atoms with Crippen LogP contribution < -0.4 is 5.32 Å². The molecule has 1 heterocycles. The minimum absolute atomic E-state index is 0.727. The number of carbonyl (C=O) groups excluding carboxylic acids is 1. The van der Waals surface area contributed by atoms with Gasteiger partial charge in [0.1, 0.15) is 0 Å². The highest BCUT2D eigenvalue weighted by Crippen LogP contribution is 2.25. The summed E-state index contributed by atoms with van der Waals surface area (Å²) in [5.41, 5.74) is 4.10. The van der Waals surface area contributed by atoms with Gasteiger partial charge in [-0.25, -0.2) is 0 Å². The number of anilines is 1. The zero-order valence-electron chi connectivity index (χ0n) is 11.4. The minimum atomic E-state index is 0.727. The molecule has 0 atom stereocenters. The van der Waals surface area contributed by atoms with Gasteiger partial charge in [-0.15, -0.1) is 0 Å². The molecule has 2 rings (SSSR count). The lowest BCUT2D eigenvalue weighted by molar-refractivity contribution is -0.105. The SMILES string of the molecule is CCCCc1cc(-c2ccn(C)n2)ccc1NC=O. The van der Waals surface area contributed by atoms with E-state index in [9.17, 15) is 4.79 Å². The first-order valence-corrected chi connectivity index (χ1v) is 6.57. The quantitative estimate of drug-likeness (QED) is 0.809. The minimum Gasteiger partial charge on any atom is -0.328 e. The largest absolute Gasteiger partial charge is 0.328 e. The molecule has 19 heavy (non-hydrogen) atoms. The molecule has 1 amide bonds. The Kier molecular flexibility index (Phi) is 4.34. The lowest BCUT2D eigenvalue weighted by Gasteiger charge is -2.09. The van der Waals surface area contributed by atoms with E-state index in [-0.39, 0.29) is 0 Å². The van der Waals surface area contributed by atoms with Crippen molar-refractivity contribution in [1.29, 1.82) is 0 Å². The second-order valence-electron chi connectivity index (χ2n) is 4.61. The van der Waals surface area contributed by atoms with E-state index in [2.05, 4.69) is 23.4 Å². The molecule has 0 aliphatic rings. The second kappa shape index (κ2) is 6.18. The Morgan fingerprint density at radius 3 is 2.84 bits per heavy atom. The van der Waals surface area contributed by atoms with Crippen molar-refractivity contribution >= 4 is 12.1 Å². The molecule has 1 aromatic carbocycles. The highest BCUT2D eigenvalue weighted by atomic mass is 16.1. The number of aromatic nitrogens is 2. The molecular formula is C15H19N3O. The summed E-state index contributed by atoms with van der Waals surface area (Å²) in [5.74, 6) is 0. The third-order valence-corrected chi connectivity index (χ3v) is 3.13. The molecule has 100 valence electrons. The Hall–Kier alpha value is -2.10. The Labute approximate surface area is 113 Å². The van der Waals surface area contributed by atoms with Crippen molar-refractivity contribution in [2.75, 3.05) is 5.32 Å². The van der Waals surface area contributed by atoms with Crippen LogP contribution in [0.15, 0.2) is 30.5 Å². The Morgan fingerprint density at radius 1 is 1.37 bits per heavy atom. The van der Waals surface area contributed by atoms with Crippen LogP contribution in [0.3, 0.4) is 0 Å². The van der Waals surface area contributed by atoms with Gasteiger partial charge < -0.3 is 5.32 Å². The number of nitrogens with one attached hydrogen (secondary N) is 1. The van der Waals surface area contributed by atoms with Crippen molar-refractivity contribution in [3.8, 4) is 11.3 Å². The molecule has 0 aliphatic carbocycles. The van der Waals surface area contributed by atoms with Gasteiger partial charge in [-0.3, -0.25) is 9.48 Å². The fourth-order valence-electron chi connectivity index (χ4n) is 2.10. The van der Waals surface area contributed by atoms with E-state index in [1.165, 1.54) is 0 Å². The van der Waals surface area contributed by atoms with Crippen LogP contribution in [0.4, 0.5) is 5.69 Å². The molecule has 2 aromatic rings. The summed E-state index contributed by atoms with van der Waals surface area (Å²) in [7, 11) is 1.91. The number of unbranched alkanes of at least 4 members (excludes halogenated alkanes) is 1. The summed E-state index contributed by atoms with van der Waals surface area (Å²) in [6.07, 6.45) is 5.87. The molecule has 0 saturated carbocycles. The molecule has 4 nitrogen and oxygen atoms in total. The molecule has 0 fully saturated rings. The first kappa shape index (κ1) is 13.3. The zero-order valence-corrected chi connectivity index (χ0v) is 11.4. The van der Waals surface area contributed by atoms with Gasteiger partial charge >= 0.3 is 0 Å². The van der Waals surface area contributed by atoms with Gasteiger partial charge in [-0.05, 0) is 36.6 Å². The molecule has 1 aromatic heterocycles. The average Bonchev–Trinajstić information content (AvgIpc) is 2.84. The van der Waals surface area contributed by atoms with Gasteiger partial charge in [-0.2, -0.15) is 5.10 Å². The number of benzene rings is 1. The second-order valence-corrected chi connectivity index (χ2v) is 4.61. The highest BCUT2D eigenvalue weighted by Gasteiger charge is 2.07. The van der Waals surface area contributed by atoms with E-state index in [0.29, 0.717) is 0 Å². The van der Waals surface area contributed by atoms with Gasteiger partial charge in [0.15, 0.2) is 0 Å². The van der Waals surface area contributed by atoms with Gasteiger partial charge in [0, 0.05) is 24.5 Å². The van der Waals surface area contributed by atoms with E-state index >= 15 is 0 Å². The maximum Gasteiger partial charge on any atom is 0.211 e. The first-order valence-electron chi connectivity index (χ1n) is 6.57. The zero-order chi connectivity index (χ0) is 13.7. The third-order valence-electron chi connectivity index (χ3n) is 3.13. The van der Waals surface area contributed by atoms with E-state index < -0.39 is 0 Å². The van der Waals surface area contributed by atoms with Crippen LogP contribution in [0.1, 0.15) is 25.3 Å². The lowest BCUT2D eigenvalue weighted by atomic mass is 10.0. The smallest absolute Gasteiger partial charge is 0.211 e. The number of nitrogens with zero attached hydrogens (tertiary/aromatic N) is 2. The van der Waals surface area contributed by atoms with Gasteiger partial charge in [0.05, 0.1) is 5.69 Å². The molecule has 0 unspecified atom stereocenters. The van der Waals surface area contributed by atoms with Crippen LogP contribution >= 0.6 is 0 Å². The molecule has 4 heteroatoms. The summed E-state index contributed by atoms with van der Waals surface area (Å²) >= 11 is 0. The number of hydrogen-bond acceptors (Lipinski definition) is 2. The van der Waals surface area contributed by atoms with E-state index in [1.807, 2.05) is 31.4 Å². The molecule has 0 spiro atoms. The fraction of sp³-hybridized carbons (Fsp3) is 0.333. The van der Waals surface area contributed by atoms with Crippen LogP contribution in [-0.4, -0.2) is 16.2 Å². The van der Waals surface area contributed by atoms with E-state index in [1.54, 1.807) is 4.68 Å². The van der Waals surface area contributed by atoms with E-state index in [4.69, 9.17) is 0 Å². The highest BCUT2D eigenvalue weighted by molar-refractivity contribution is 5.76. The Bertz CT molecular complexity index is 560. The van der Waals surface area contributed by atoms with Crippen molar-refractivity contribution in [3.05, 3.63) is 36.0 Å². The number of rotatable bonds is 6. The lowest BCUT2D eigenvalue weighted by Crippen LogP contribution is -1.99. The normalized spacial score (nSPS) is 10.4. The number of carbonyl (C=O) groups is 1. The monoisotopic (exact) mass is 257 g/mol. The number of hydrogen-bond donors (Lipinski definition) is 1. The van der Waals surface area contributed by atoms with Crippen LogP contribution in [0.2, 0.25) is 0 Å².